The number of rotatable bonds is 8. The van der Waals surface area contributed by atoms with E-state index in [2.05, 4.69) is 15.8 Å². The Hall–Kier alpha value is -3.25. The van der Waals surface area contributed by atoms with Gasteiger partial charge in [-0.15, -0.1) is 0 Å². The van der Waals surface area contributed by atoms with Gasteiger partial charge in [-0.2, -0.15) is 13.5 Å². The number of ether oxygens (including phenoxy) is 1. The van der Waals surface area contributed by atoms with Crippen LogP contribution in [0.25, 0.3) is 0 Å². The predicted octanol–water partition coefficient (Wildman–Crippen LogP) is 2.89. The molecule has 31 heavy (non-hydrogen) atoms. The van der Waals surface area contributed by atoms with Gasteiger partial charge in [-0.1, -0.05) is 6.07 Å². The van der Waals surface area contributed by atoms with Crippen molar-refractivity contribution in [3.05, 3.63) is 57.6 Å². The standard InChI is InChI=1S/C19H22N4O6S2/c1-12(2)21-19(30)22-20-11-14-6-8-17(18(9-14)28-4)29-31(26,27)15-7-5-13(3)16(10-15)23(24)25/h5-12H,1-4H3,(H2,21,22,30)/b20-11+. The van der Waals surface area contributed by atoms with Crippen LogP contribution in [0.2, 0.25) is 0 Å². The number of nitro groups is 1. The van der Waals surface area contributed by atoms with Crippen LogP contribution in [0.4, 0.5) is 5.69 Å². The lowest BCUT2D eigenvalue weighted by molar-refractivity contribution is -0.385. The predicted molar refractivity (Wildman–Crippen MR) is 120 cm³/mol. The Morgan fingerprint density at radius 3 is 2.55 bits per heavy atom. The third-order valence-corrected chi connectivity index (χ3v) is 5.29. The topological polar surface area (TPSA) is 132 Å². The molecule has 0 bridgehead atoms. The average Bonchev–Trinajstić information content (AvgIpc) is 2.68. The minimum absolute atomic E-state index is 0.0761. The summed E-state index contributed by atoms with van der Waals surface area (Å²) in [5.74, 6) is 0.0600. The van der Waals surface area contributed by atoms with E-state index in [-0.39, 0.29) is 28.1 Å². The Morgan fingerprint density at radius 1 is 1.23 bits per heavy atom. The SMILES string of the molecule is COc1cc(/C=N/NC(=S)NC(C)C)ccc1OS(=O)(=O)c1ccc(C)c([N+](=O)[O-])c1. The molecule has 0 aliphatic heterocycles. The van der Waals surface area contributed by atoms with Crippen molar-refractivity contribution >= 4 is 39.4 Å². The fraction of sp³-hybridized carbons (Fsp3) is 0.263. The molecule has 2 N–H and O–H groups in total. The summed E-state index contributed by atoms with van der Waals surface area (Å²) in [4.78, 5) is 10.1. The van der Waals surface area contributed by atoms with Crippen molar-refractivity contribution in [2.45, 2.75) is 31.7 Å². The van der Waals surface area contributed by atoms with Crippen LogP contribution in [0.15, 0.2) is 46.4 Å². The normalized spacial score (nSPS) is 11.4. The maximum atomic E-state index is 12.6. The van der Waals surface area contributed by atoms with Crippen LogP contribution in [-0.2, 0) is 10.1 Å². The Balaban J connectivity index is 2.23. The van der Waals surface area contributed by atoms with Gasteiger partial charge in [0.25, 0.3) is 5.69 Å². The summed E-state index contributed by atoms with van der Waals surface area (Å²) < 4.78 is 35.6. The van der Waals surface area contributed by atoms with Gasteiger partial charge in [0.2, 0.25) is 0 Å². The van der Waals surface area contributed by atoms with Crippen LogP contribution in [0.5, 0.6) is 11.5 Å². The van der Waals surface area contributed by atoms with Crippen molar-refractivity contribution in [1.29, 1.82) is 0 Å². The summed E-state index contributed by atoms with van der Waals surface area (Å²) >= 11 is 5.06. The molecule has 2 rings (SSSR count). The number of nitrogens with one attached hydrogen (secondary N) is 2. The second kappa shape index (κ2) is 10.2. The van der Waals surface area contributed by atoms with E-state index in [4.69, 9.17) is 21.1 Å². The molecule has 0 spiro atoms. The molecule has 2 aromatic carbocycles. The van der Waals surface area contributed by atoms with Crippen molar-refractivity contribution in [2.75, 3.05) is 7.11 Å². The zero-order valence-electron chi connectivity index (χ0n) is 17.3. The maximum Gasteiger partial charge on any atom is 0.339 e. The first-order valence-corrected chi connectivity index (χ1v) is 10.8. The molecule has 0 atom stereocenters. The van der Waals surface area contributed by atoms with Gasteiger partial charge in [-0.3, -0.25) is 15.5 Å². The van der Waals surface area contributed by atoms with Gasteiger partial charge in [0, 0.05) is 17.7 Å². The number of hydrazone groups is 1. The van der Waals surface area contributed by atoms with Crippen LogP contribution in [0.3, 0.4) is 0 Å². The minimum Gasteiger partial charge on any atom is -0.493 e. The molecule has 10 nitrogen and oxygen atoms in total. The lowest BCUT2D eigenvalue weighted by atomic mass is 10.2. The number of nitro benzene ring substituents is 1. The highest BCUT2D eigenvalue weighted by molar-refractivity contribution is 7.87. The number of methoxy groups -OCH3 is 1. The maximum absolute atomic E-state index is 12.6. The first kappa shape index (κ1) is 24.0. The number of aryl methyl sites for hydroxylation is 1. The Bertz CT molecular complexity index is 1120. The van der Waals surface area contributed by atoms with Crippen molar-refractivity contribution in [2.24, 2.45) is 5.10 Å². The first-order chi connectivity index (χ1) is 14.5. The molecule has 0 heterocycles. The van der Waals surface area contributed by atoms with E-state index in [1.807, 2.05) is 13.8 Å². The van der Waals surface area contributed by atoms with Gasteiger partial charge in [0.15, 0.2) is 16.6 Å². The fourth-order valence-corrected chi connectivity index (χ4v) is 3.65. The van der Waals surface area contributed by atoms with Gasteiger partial charge < -0.3 is 14.2 Å². The zero-order chi connectivity index (χ0) is 23.2. The van der Waals surface area contributed by atoms with Gasteiger partial charge in [-0.25, -0.2) is 0 Å². The molecule has 0 aromatic heterocycles. The minimum atomic E-state index is -4.33. The molecule has 0 saturated carbocycles. The van der Waals surface area contributed by atoms with Crippen LogP contribution < -0.4 is 19.7 Å². The summed E-state index contributed by atoms with van der Waals surface area (Å²) in [6.45, 7) is 5.38. The second-order valence-corrected chi connectivity index (χ2v) is 8.61. The lowest BCUT2D eigenvalue weighted by Gasteiger charge is -2.12. The molecular formula is C19H22N4O6S2. The van der Waals surface area contributed by atoms with E-state index in [0.29, 0.717) is 16.2 Å². The summed E-state index contributed by atoms with van der Waals surface area (Å²) in [6, 6.07) is 8.18. The van der Waals surface area contributed by atoms with Crippen LogP contribution in [0, 0.1) is 17.0 Å². The molecule has 0 aliphatic carbocycles. The van der Waals surface area contributed by atoms with Crippen LogP contribution >= 0.6 is 12.2 Å². The smallest absolute Gasteiger partial charge is 0.339 e. The van der Waals surface area contributed by atoms with Crippen molar-refractivity contribution in [3.63, 3.8) is 0 Å². The molecule has 0 radical (unpaired) electrons. The summed E-state index contributed by atoms with van der Waals surface area (Å²) in [5, 5.41) is 18.4. The monoisotopic (exact) mass is 466 g/mol. The van der Waals surface area contributed by atoms with Gasteiger partial charge in [0.1, 0.15) is 4.90 Å². The Morgan fingerprint density at radius 2 is 1.94 bits per heavy atom. The number of hydrogen-bond donors (Lipinski definition) is 2. The fourth-order valence-electron chi connectivity index (χ4n) is 2.40. The summed E-state index contributed by atoms with van der Waals surface area (Å²) in [5.41, 5.74) is 3.27. The third-order valence-electron chi connectivity index (χ3n) is 3.85. The largest absolute Gasteiger partial charge is 0.493 e. The van der Waals surface area contributed by atoms with Crippen LogP contribution in [0.1, 0.15) is 25.0 Å². The lowest BCUT2D eigenvalue weighted by Crippen LogP contribution is -2.36. The highest BCUT2D eigenvalue weighted by atomic mass is 32.2. The van der Waals surface area contributed by atoms with Gasteiger partial charge >= 0.3 is 10.1 Å². The van der Waals surface area contributed by atoms with Gasteiger partial charge in [0.05, 0.1) is 18.2 Å². The summed E-state index contributed by atoms with van der Waals surface area (Å²) in [7, 11) is -2.97. The van der Waals surface area contributed by atoms with E-state index < -0.39 is 15.0 Å². The van der Waals surface area contributed by atoms with Gasteiger partial charge in [-0.05, 0) is 62.8 Å². The molecule has 0 unspecified atom stereocenters. The molecule has 0 fully saturated rings. The first-order valence-electron chi connectivity index (χ1n) is 9.00. The average molecular weight is 467 g/mol. The number of thiocarbonyl (C=S) groups is 1. The van der Waals surface area contributed by atoms with Crippen molar-refractivity contribution < 1.29 is 22.3 Å². The van der Waals surface area contributed by atoms with E-state index in [1.165, 1.54) is 44.5 Å². The van der Waals surface area contributed by atoms with E-state index >= 15 is 0 Å². The molecular weight excluding hydrogens is 444 g/mol. The van der Waals surface area contributed by atoms with E-state index in [1.54, 1.807) is 6.07 Å². The van der Waals surface area contributed by atoms with Crippen LogP contribution in [-0.4, -0.2) is 37.8 Å². The molecule has 0 aliphatic rings. The Kier molecular flexibility index (Phi) is 7.89. The van der Waals surface area contributed by atoms with Crippen molar-refractivity contribution in [1.82, 2.24) is 10.7 Å². The Labute approximate surface area is 185 Å². The highest BCUT2D eigenvalue weighted by Crippen LogP contribution is 2.31. The van der Waals surface area contributed by atoms with E-state index in [9.17, 15) is 18.5 Å². The zero-order valence-corrected chi connectivity index (χ0v) is 18.9. The van der Waals surface area contributed by atoms with Crippen molar-refractivity contribution in [3.8, 4) is 11.5 Å². The molecule has 12 heteroatoms. The number of benzene rings is 2. The quantitative estimate of drug-likeness (QED) is 0.198. The number of hydrogen-bond acceptors (Lipinski definition) is 8. The second-order valence-electron chi connectivity index (χ2n) is 6.65. The third kappa shape index (κ3) is 6.62. The number of nitrogens with zero attached hydrogens (tertiary/aromatic N) is 2. The summed E-state index contributed by atoms with van der Waals surface area (Å²) in [6.07, 6.45) is 1.47. The van der Waals surface area contributed by atoms with E-state index in [0.717, 1.165) is 6.07 Å². The molecule has 2 aromatic rings. The molecule has 0 saturated heterocycles. The molecule has 166 valence electrons. The highest BCUT2D eigenvalue weighted by Gasteiger charge is 2.23. The molecule has 0 amide bonds.